The van der Waals surface area contributed by atoms with Crippen molar-refractivity contribution >= 4 is 22.6 Å². The smallest absolute Gasteiger partial charge is 0.0864 e. The zero-order valence-corrected chi connectivity index (χ0v) is 17.4. The van der Waals surface area contributed by atoms with E-state index in [1.54, 1.807) is 0 Å². The summed E-state index contributed by atoms with van der Waals surface area (Å²) < 4.78 is 6.88. The SMILES string of the molecule is CC(CC1CCC(O)CC1)[C@@H]1OC1C.C[C-](C)I.[Re]. The monoisotopic (exact) mass is 554 g/mol. The molecule has 0 spiro atoms. The van der Waals surface area contributed by atoms with Crippen LogP contribution in [0.15, 0.2) is 0 Å². The van der Waals surface area contributed by atoms with Crippen LogP contribution in [0.25, 0.3) is 0 Å². The van der Waals surface area contributed by atoms with E-state index in [0.717, 1.165) is 18.8 Å². The zero-order valence-electron chi connectivity index (χ0n) is 12.5. The van der Waals surface area contributed by atoms with Crippen LogP contribution in [0.2, 0.25) is 0 Å². The normalized spacial score (nSPS) is 34.9. The molecule has 1 saturated carbocycles. The summed E-state index contributed by atoms with van der Waals surface area (Å²) in [6, 6.07) is 0. The Balaban J connectivity index is 0.000000576. The van der Waals surface area contributed by atoms with Crippen molar-refractivity contribution in [3.8, 4) is 0 Å². The van der Waals surface area contributed by atoms with Crippen LogP contribution < -0.4 is 0 Å². The molecule has 2 nitrogen and oxygen atoms in total. The van der Waals surface area contributed by atoms with Gasteiger partial charge in [-0.05, 0) is 50.9 Å². The number of halogens is 1. The van der Waals surface area contributed by atoms with Crippen LogP contribution in [0.1, 0.15) is 59.8 Å². The Kier molecular flexibility index (Phi) is 10.8. The topological polar surface area (TPSA) is 32.8 Å². The van der Waals surface area contributed by atoms with E-state index in [2.05, 4.69) is 50.3 Å². The molecule has 0 amide bonds. The molecule has 2 aliphatic rings. The molecule has 1 aliphatic heterocycles. The molecule has 4 heteroatoms. The fourth-order valence-corrected chi connectivity index (χ4v) is 2.84. The molecule has 2 rings (SSSR count). The number of aliphatic hydroxyl groups is 1. The van der Waals surface area contributed by atoms with Gasteiger partial charge < -0.3 is 32.4 Å². The van der Waals surface area contributed by atoms with Crippen molar-refractivity contribution < 1.29 is 30.3 Å². The minimum atomic E-state index is -0.0161. The number of rotatable bonds is 3. The molecule has 19 heavy (non-hydrogen) atoms. The molecule has 2 fully saturated rings. The minimum absolute atomic E-state index is 0. The van der Waals surface area contributed by atoms with E-state index >= 15 is 0 Å². The second-order valence-electron chi connectivity index (χ2n) is 6.07. The molecule has 0 aromatic rings. The van der Waals surface area contributed by atoms with Gasteiger partial charge in [0, 0.05) is 20.4 Å². The predicted octanol–water partition coefficient (Wildman–Crippen LogP) is 4.34. The maximum atomic E-state index is 9.40. The first kappa shape index (κ1) is 20.3. The number of hydrogen-bond donors (Lipinski definition) is 1. The van der Waals surface area contributed by atoms with Gasteiger partial charge in [-0.25, -0.2) is 0 Å². The fourth-order valence-electron chi connectivity index (χ4n) is 2.84. The maximum absolute atomic E-state index is 9.40. The van der Waals surface area contributed by atoms with Crippen molar-refractivity contribution in [2.75, 3.05) is 0 Å². The third-order valence-electron chi connectivity index (χ3n) is 3.84. The molecule has 2 unspecified atom stereocenters. The van der Waals surface area contributed by atoms with Crippen molar-refractivity contribution in [3.05, 3.63) is 3.92 Å². The van der Waals surface area contributed by atoms with E-state index in [1.807, 2.05) is 0 Å². The number of aliphatic hydroxyl groups excluding tert-OH is 1. The van der Waals surface area contributed by atoms with Gasteiger partial charge in [0.15, 0.2) is 0 Å². The second-order valence-corrected chi connectivity index (χ2v) is 8.23. The van der Waals surface area contributed by atoms with Crippen LogP contribution in [0.3, 0.4) is 0 Å². The van der Waals surface area contributed by atoms with Crippen molar-refractivity contribution in [1.29, 1.82) is 0 Å². The van der Waals surface area contributed by atoms with E-state index in [0.29, 0.717) is 18.1 Å². The summed E-state index contributed by atoms with van der Waals surface area (Å²) in [4.78, 5) is 0. The molecule has 0 aromatic carbocycles. The largest absolute Gasteiger partial charge is 0.393 e. The number of hydrogen-bond acceptors (Lipinski definition) is 2. The first-order valence-corrected chi connectivity index (χ1v) is 8.27. The summed E-state index contributed by atoms with van der Waals surface area (Å²) in [5.74, 6) is 1.55. The van der Waals surface area contributed by atoms with E-state index < -0.39 is 0 Å². The molecule has 1 N–H and O–H groups in total. The Bertz CT molecular complexity index is 227. The standard InChI is InChI=1S/C12H22O2.C3H6I.Re/c1-8(12-9(2)14-12)7-10-3-5-11(13)6-4-10;1-3(2)4;/h8-13H,3-7H2,1-2H3;1-2H3;/q;-1;/t8?,9?,10?,11?,12-;;/m0../s1. The van der Waals surface area contributed by atoms with Crippen molar-refractivity contribution in [2.24, 2.45) is 11.8 Å². The van der Waals surface area contributed by atoms with Gasteiger partial charge in [-0.2, -0.15) is 13.8 Å². The number of epoxide rings is 1. The third kappa shape index (κ3) is 9.03. The first-order chi connectivity index (χ1) is 8.40. The molecule has 115 valence electrons. The molecule has 1 heterocycles. The van der Waals surface area contributed by atoms with Crippen molar-refractivity contribution in [2.45, 2.75) is 78.1 Å². The van der Waals surface area contributed by atoms with Gasteiger partial charge in [-0.3, -0.25) is 3.92 Å². The average Bonchev–Trinajstić information content (AvgIpc) is 2.98. The van der Waals surface area contributed by atoms with E-state index in [1.165, 1.54) is 23.2 Å². The summed E-state index contributed by atoms with van der Waals surface area (Å²) in [6.45, 7) is 8.60. The molecule has 1 aliphatic carbocycles. The van der Waals surface area contributed by atoms with E-state index in [4.69, 9.17) is 4.74 Å². The molecule has 0 aromatic heterocycles. The van der Waals surface area contributed by atoms with Gasteiger partial charge in [-0.1, -0.05) is 6.92 Å². The summed E-state index contributed by atoms with van der Waals surface area (Å²) in [7, 11) is 0. The quantitative estimate of drug-likeness (QED) is 0.321. The Morgan fingerprint density at radius 2 is 1.68 bits per heavy atom. The maximum Gasteiger partial charge on any atom is 0.0864 e. The minimum Gasteiger partial charge on any atom is -0.393 e. The predicted molar refractivity (Wildman–Crippen MR) is 84.7 cm³/mol. The van der Waals surface area contributed by atoms with E-state index in [-0.39, 0.29) is 26.5 Å². The van der Waals surface area contributed by atoms with Crippen molar-refractivity contribution in [1.82, 2.24) is 0 Å². The summed E-state index contributed by atoms with van der Waals surface area (Å²) in [6.07, 6.45) is 6.76. The molecule has 3 atom stereocenters. The Labute approximate surface area is 146 Å². The Hall–Kier alpha value is 1.31. The van der Waals surface area contributed by atoms with Gasteiger partial charge in [-0.15, -0.1) is 0 Å². The fraction of sp³-hybridized carbons (Fsp3) is 0.933. The summed E-state index contributed by atoms with van der Waals surface area (Å²) in [5, 5.41) is 9.40. The molecule has 0 bridgehead atoms. The van der Waals surface area contributed by atoms with Gasteiger partial charge in [0.25, 0.3) is 0 Å². The second kappa shape index (κ2) is 10.1. The van der Waals surface area contributed by atoms with Crippen LogP contribution in [0.5, 0.6) is 0 Å². The van der Waals surface area contributed by atoms with Crippen LogP contribution >= 0.6 is 22.6 Å². The Morgan fingerprint density at radius 1 is 1.26 bits per heavy atom. The first-order valence-electron chi connectivity index (χ1n) is 7.19. The van der Waals surface area contributed by atoms with Gasteiger partial charge >= 0.3 is 0 Å². The Morgan fingerprint density at radius 3 is 2.05 bits per heavy atom. The van der Waals surface area contributed by atoms with Crippen LogP contribution in [-0.4, -0.2) is 23.4 Å². The molecular weight excluding hydrogens is 525 g/mol. The van der Waals surface area contributed by atoms with Crippen LogP contribution in [0, 0.1) is 15.8 Å². The van der Waals surface area contributed by atoms with Crippen LogP contribution in [-0.2, 0) is 25.2 Å². The zero-order chi connectivity index (χ0) is 13.7. The average molecular weight is 553 g/mol. The molecular formula is C15H28IO2Re-. The van der Waals surface area contributed by atoms with Crippen LogP contribution in [0.4, 0.5) is 0 Å². The number of ether oxygens (including phenoxy) is 1. The van der Waals surface area contributed by atoms with Gasteiger partial charge in [0.2, 0.25) is 0 Å². The third-order valence-corrected chi connectivity index (χ3v) is 3.84. The molecule has 1 saturated heterocycles. The van der Waals surface area contributed by atoms with Gasteiger partial charge in [0.05, 0.1) is 18.3 Å². The molecule has 1 radical (unpaired) electrons. The van der Waals surface area contributed by atoms with Gasteiger partial charge in [0.1, 0.15) is 0 Å². The van der Waals surface area contributed by atoms with E-state index in [9.17, 15) is 5.11 Å². The summed E-state index contributed by atoms with van der Waals surface area (Å²) >= 11 is 2.26. The van der Waals surface area contributed by atoms with Crippen molar-refractivity contribution in [3.63, 3.8) is 0 Å². The summed E-state index contributed by atoms with van der Waals surface area (Å²) in [5.41, 5.74) is 0.